The molecule has 1 aliphatic heterocycles. The fraction of sp³-hybridized carbons (Fsp3) is 0.538. The molecule has 1 aromatic rings. The largest absolute Gasteiger partial charge is 0.354 e. The van der Waals surface area contributed by atoms with Crippen molar-refractivity contribution in [3.8, 4) is 0 Å². The normalized spacial score (nSPS) is 21.6. The zero-order chi connectivity index (χ0) is 12.4. The van der Waals surface area contributed by atoms with E-state index in [0.29, 0.717) is 11.6 Å². The van der Waals surface area contributed by atoms with Gasteiger partial charge in [0.2, 0.25) is 0 Å². The van der Waals surface area contributed by atoms with Crippen LogP contribution in [0.1, 0.15) is 22.8 Å². The van der Waals surface area contributed by atoms with Crippen molar-refractivity contribution in [2.24, 2.45) is 0 Å². The van der Waals surface area contributed by atoms with Crippen molar-refractivity contribution in [3.05, 3.63) is 23.4 Å². The first-order valence-electron chi connectivity index (χ1n) is 5.99. The van der Waals surface area contributed by atoms with Crippen LogP contribution in [0.3, 0.4) is 0 Å². The van der Waals surface area contributed by atoms with E-state index in [1.54, 1.807) is 6.20 Å². The molecule has 17 heavy (non-hydrogen) atoms. The lowest BCUT2D eigenvalue weighted by atomic mass is 10.1. The lowest BCUT2D eigenvalue weighted by Gasteiger charge is -2.38. The first-order valence-corrected chi connectivity index (χ1v) is 5.99. The number of piperazine rings is 1. The van der Waals surface area contributed by atoms with Gasteiger partial charge in [0.05, 0.1) is 0 Å². The number of pyridine rings is 1. The van der Waals surface area contributed by atoms with Crippen molar-refractivity contribution < 1.29 is 4.79 Å². The van der Waals surface area contributed by atoms with Crippen molar-refractivity contribution in [2.75, 3.05) is 31.6 Å². The average Bonchev–Trinajstić information content (AvgIpc) is 2.32. The van der Waals surface area contributed by atoms with E-state index in [2.05, 4.69) is 28.8 Å². The Kier molecular flexibility index (Phi) is 3.43. The first kappa shape index (κ1) is 12.0. The van der Waals surface area contributed by atoms with Crippen LogP contribution in [0.25, 0.3) is 0 Å². The highest BCUT2D eigenvalue weighted by molar-refractivity contribution is 5.75. The highest BCUT2D eigenvalue weighted by Crippen LogP contribution is 2.20. The number of nitrogens with zero attached hydrogens (tertiary/aromatic N) is 3. The number of rotatable bonds is 2. The SMILES string of the molecule is Cc1cc(C=O)cnc1N1CCN(C)C(C)C1. The molecule has 2 rings (SSSR count). The summed E-state index contributed by atoms with van der Waals surface area (Å²) in [4.78, 5) is 19.7. The van der Waals surface area contributed by atoms with E-state index in [4.69, 9.17) is 0 Å². The minimum Gasteiger partial charge on any atom is -0.354 e. The monoisotopic (exact) mass is 233 g/mol. The van der Waals surface area contributed by atoms with Gasteiger partial charge in [-0.05, 0) is 32.5 Å². The molecule has 0 N–H and O–H groups in total. The van der Waals surface area contributed by atoms with E-state index in [1.807, 2.05) is 13.0 Å². The van der Waals surface area contributed by atoms with Crippen molar-refractivity contribution in [1.29, 1.82) is 0 Å². The van der Waals surface area contributed by atoms with Gasteiger partial charge in [-0.1, -0.05) is 0 Å². The molecule has 1 atom stereocenters. The average molecular weight is 233 g/mol. The molecule has 92 valence electrons. The minimum atomic E-state index is 0.538. The number of likely N-dealkylation sites (N-methyl/N-ethyl adjacent to an activating group) is 1. The fourth-order valence-corrected chi connectivity index (χ4v) is 2.23. The van der Waals surface area contributed by atoms with Gasteiger partial charge in [0, 0.05) is 37.4 Å². The van der Waals surface area contributed by atoms with E-state index in [0.717, 1.165) is 37.3 Å². The van der Waals surface area contributed by atoms with Crippen molar-refractivity contribution >= 4 is 12.1 Å². The van der Waals surface area contributed by atoms with E-state index < -0.39 is 0 Å². The van der Waals surface area contributed by atoms with Gasteiger partial charge in [-0.3, -0.25) is 4.79 Å². The van der Waals surface area contributed by atoms with Crippen LogP contribution in [-0.2, 0) is 0 Å². The van der Waals surface area contributed by atoms with Gasteiger partial charge < -0.3 is 9.80 Å². The van der Waals surface area contributed by atoms with Crippen LogP contribution in [0.4, 0.5) is 5.82 Å². The molecule has 0 aromatic carbocycles. The molecule has 1 saturated heterocycles. The predicted molar refractivity (Wildman–Crippen MR) is 68.7 cm³/mol. The summed E-state index contributed by atoms with van der Waals surface area (Å²) in [5.74, 6) is 1.01. The molecular weight excluding hydrogens is 214 g/mol. The number of anilines is 1. The third-order valence-electron chi connectivity index (χ3n) is 3.47. The van der Waals surface area contributed by atoms with Crippen LogP contribution in [0.15, 0.2) is 12.3 Å². The molecule has 0 bridgehead atoms. The second-order valence-electron chi connectivity index (χ2n) is 4.80. The molecule has 1 aromatic heterocycles. The summed E-state index contributed by atoms with van der Waals surface area (Å²) >= 11 is 0. The molecule has 0 saturated carbocycles. The summed E-state index contributed by atoms with van der Waals surface area (Å²) in [6, 6.07) is 2.44. The second kappa shape index (κ2) is 4.84. The Hall–Kier alpha value is -1.42. The number of carbonyl (C=O) groups excluding carboxylic acids is 1. The lowest BCUT2D eigenvalue weighted by molar-refractivity contribution is 0.112. The van der Waals surface area contributed by atoms with E-state index in [-0.39, 0.29) is 0 Å². The molecule has 1 fully saturated rings. The van der Waals surface area contributed by atoms with E-state index in [1.165, 1.54) is 0 Å². The summed E-state index contributed by atoms with van der Waals surface area (Å²) in [5, 5.41) is 0. The molecule has 4 nitrogen and oxygen atoms in total. The summed E-state index contributed by atoms with van der Waals surface area (Å²) in [7, 11) is 2.15. The van der Waals surface area contributed by atoms with Crippen molar-refractivity contribution in [1.82, 2.24) is 9.88 Å². The standard InChI is InChI=1S/C13H19N3O/c1-10-6-12(9-17)7-14-13(10)16-5-4-15(3)11(2)8-16/h6-7,9,11H,4-5,8H2,1-3H3. The van der Waals surface area contributed by atoms with Crippen LogP contribution in [0.2, 0.25) is 0 Å². The smallest absolute Gasteiger partial charge is 0.151 e. The minimum absolute atomic E-state index is 0.538. The maximum Gasteiger partial charge on any atom is 0.151 e. The Morgan fingerprint density at radius 3 is 2.82 bits per heavy atom. The highest BCUT2D eigenvalue weighted by atomic mass is 16.1. The topological polar surface area (TPSA) is 36.4 Å². The molecule has 0 amide bonds. The maximum absolute atomic E-state index is 10.7. The summed E-state index contributed by atoms with van der Waals surface area (Å²) < 4.78 is 0. The Morgan fingerprint density at radius 1 is 1.47 bits per heavy atom. The Labute approximate surface area is 102 Å². The number of aryl methyl sites for hydroxylation is 1. The quantitative estimate of drug-likeness (QED) is 0.722. The molecule has 4 heteroatoms. The summed E-state index contributed by atoms with van der Waals surface area (Å²) in [5.41, 5.74) is 1.72. The van der Waals surface area contributed by atoms with Gasteiger partial charge in [0.15, 0.2) is 6.29 Å². The van der Waals surface area contributed by atoms with Crippen LogP contribution < -0.4 is 4.90 Å². The van der Waals surface area contributed by atoms with Crippen molar-refractivity contribution in [3.63, 3.8) is 0 Å². The number of carbonyl (C=O) groups is 1. The maximum atomic E-state index is 10.7. The number of aldehydes is 1. The van der Waals surface area contributed by atoms with Crippen LogP contribution in [0, 0.1) is 6.92 Å². The third kappa shape index (κ3) is 2.47. The molecule has 1 aliphatic rings. The Morgan fingerprint density at radius 2 is 2.24 bits per heavy atom. The van der Waals surface area contributed by atoms with Gasteiger partial charge in [-0.2, -0.15) is 0 Å². The summed E-state index contributed by atoms with van der Waals surface area (Å²) in [6.07, 6.45) is 2.49. The third-order valence-corrected chi connectivity index (χ3v) is 3.47. The van der Waals surface area contributed by atoms with Gasteiger partial charge in [-0.15, -0.1) is 0 Å². The van der Waals surface area contributed by atoms with Crippen molar-refractivity contribution in [2.45, 2.75) is 19.9 Å². The number of aromatic nitrogens is 1. The fourth-order valence-electron chi connectivity index (χ4n) is 2.23. The zero-order valence-corrected chi connectivity index (χ0v) is 10.7. The van der Waals surface area contributed by atoms with E-state index >= 15 is 0 Å². The Bertz CT molecular complexity index is 419. The Balaban J connectivity index is 2.20. The molecule has 1 unspecified atom stereocenters. The van der Waals surface area contributed by atoms with Crippen LogP contribution >= 0.6 is 0 Å². The number of hydrogen-bond acceptors (Lipinski definition) is 4. The molecular formula is C13H19N3O. The molecule has 2 heterocycles. The van der Waals surface area contributed by atoms with Gasteiger partial charge in [0.1, 0.15) is 5.82 Å². The van der Waals surface area contributed by atoms with Gasteiger partial charge in [0.25, 0.3) is 0 Å². The van der Waals surface area contributed by atoms with Crippen LogP contribution in [-0.4, -0.2) is 48.9 Å². The van der Waals surface area contributed by atoms with Gasteiger partial charge in [-0.25, -0.2) is 4.98 Å². The van der Waals surface area contributed by atoms with Crippen LogP contribution in [0.5, 0.6) is 0 Å². The van der Waals surface area contributed by atoms with Gasteiger partial charge >= 0.3 is 0 Å². The summed E-state index contributed by atoms with van der Waals surface area (Å²) in [6.45, 7) is 7.28. The predicted octanol–water partition coefficient (Wildman–Crippen LogP) is 1.34. The highest BCUT2D eigenvalue weighted by Gasteiger charge is 2.22. The van der Waals surface area contributed by atoms with E-state index in [9.17, 15) is 4.79 Å². The molecule has 0 spiro atoms. The zero-order valence-electron chi connectivity index (χ0n) is 10.7. The first-order chi connectivity index (χ1) is 8.11. The number of hydrogen-bond donors (Lipinski definition) is 0. The molecule has 0 aliphatic carbocycles. The second-order valence-corrected chi connectivity index (χ2v) is 4.80. The lowest BCUT2D eigenvalue weighted by Crippen LogP contribution is -2.50. The molecule has 0 radical (unpaired) electrons.